The third kappa shape index (κ3) is 2.64. The standard InChI is InChI=1S/C11H11Cl2N3O2/c12-7-1-2-8(9(13)3-7)11(18,5-17)4-10-14-6-15-16-10/h1-3,6,17-18H,4-5H2,(H,14,15,16). The summed E-state index contributed by atoms with van der Waals surface area (Å²) in [6.07, 6.45) is 1.45. The van der Waals surface area contributed by atoms with Gasteiger partial charge in [-0.2, -0.15) is 5.10 Å². The molecule has 0 radical (unpaired) electrons. The normalized spacial score (nSPS) is 14.4. The van der Waals surface area contributed by atoms with Crippen LogP contribution < -0.4 is 0 Å². The van der Waals surface area contributed by atoms with Crippen molar-refractivity contribution in [1.82, 2.24) is 15.2 Å². The van der Waals surface area contributed by atoms with Gasteiger partial charge in [0.15, 0.2) is 5.82 Å². The highest BCUT2D eigenvalue weighted by Crippen LogP contribution is 2.32. The summed E-state index contributed by atoms with van der Waals surface area (Å²) in [5.74, 6) is 0.387. The van der Waals surface area contributed by atoms with Crippen molar-refractivity contribution in [3.8, 4) is 0 Å². The van der Waals surface area contributed by atoms with E-state index < -0.39 is 12.2 Å². The van der Waals surface area contributed by atoms with Gasteiger partial charge in [-0.1, -0.05) is 29.3 Å². The van der Waals surface area contributed by atoms with Crippen molar-refractivity contribution in [2.24, 2.45) is 0 Å². The molecule has 0 spiro atoms. The van der Waals surface area contributed by atoms with E-state index in [0.29, 0.717) is 16.4 Å². The van der Waals surface area contributed by atoms with Crippen LogP contribution in [-0.2, 0) is 12.0 Å². The molecule has 0 saturated heterocycles. The van der Waals surface area contributed by atoms with Gasteiger partial charge in [-0.05, 0) is 12.1 Å². The Hall–Kier alpha value is -1.14. The van der Waals surface area contributed by atoms with Crippen molar-refractivity contribution in [2.75, 3.05) is 6.61 Å². The Labute approximate surface area is 113 Å². The lowest BCUT2D eigenvalue weighted by Crippen LogP contribution is -2.33. The first-order chi connectivity index (χ1) is 8.55. The third-order valence-corrected chi connectivity index (χ3v) is 3.16. The van der Waals surface area contributed by atoms with E-state index >= 15 is 0 Å². The number of aliphatic hydroxyl groups excluding tert-OH is 1. The molecule has 1 unspecified atom stereocenters. The molecule has 1 aromatic heterocycles. The minimum Gasteiger partial charge on any atom is -0.393 e. The van der Waals surface area contributed by atoms with Gasteiger partial charge in [0.1, 0.15) is 11.9 Å². The van der Waals surface area contributed by atoms with Gasteiger partial charge < -0.3 is 10.2 Å². The maximum atomic E-state index is 10.5. The lowest BCUT2D eigenvalue weighted by molar-refractivity contribution is -0.0201. The summed E-state index contributed by atoms with van der Waals surface area (Å²) in [6, 6.07) is 4.69. The fraction of sp³-hybridized carbons (Fsp3) is 0.273. The molecule has 2 rings (SSSR count). The summed E-state index contributed by atoms with van der Waals surface area (Å²) < 4.78 is 0. The summed E-state index contributed by atoms with van der Waals surface area (Å²) in [5.41, 5.74) is -1.15. The molecule has 1 aromatic carbocycles. The highest BCUT2D eigenvalue weighted by Gasteiger charge is 2.32. The van der Waals surface area contributed by atoms with Crippen LogP contribution in [0.2, 0.25) is 10.0 Å². The summed E-state index contributed by atoms with van der Waals surface area (Å²) in [7, 11) is 0. The minimum atomic E-state index is -1.54. The quantitative estimate of drug-likeness (QED) is 0.797. The maximum Gasteiger partial charge on any atom is 0.153 e. The van der Waals surface area contributed by atoms with Crippen molar-refractivity contribution in [3.05, 3.63) is 46.0 Å². The van der Waals surface area contributed by atoms with Crippen molar-refractivity contribution in [2.45, 2.75) is 12.0 Å². The van der Waals surface area contributed by atoms with Crippen molar-refractivity contribution in [3.63, 3.8) is 0 Å². The first-order valence-corrected chi connectivity index (χ1v) is 5.94. The molecular formula is C11H11Cl2N3O2. The molecular weight excluding hydrogens is 277 g/mol. The first kappa shape index (κ1) is 13.3. The van der Waals surface area contributed by atoms with E-state index in [9.17, 15) is 10.2 Å². The number of aromatic nitrogens is 3. The Morgan fingerprint density at radius 2 is 2.11 bits per heavy atom. The van der Waals surface area contributed by atoms with Gasteiger partial charge in [0.2, 0.25) is 0 Å². The minimum absolute atomic E-state index is 0.0500. The SMILES string of the molecule is OCC(O)(Cc1nc[nH]n1)c1ccc(Cl)cc1Cl. The van der Waals surface area contributed by atoms with Gasteiger partial charge in [0, 0.05) is 22.0 Å². The molecule has 0 amide bonds. The Balaban J connectivity index is 2.36. The average molecular weight is 288 g/mol. The summed E-state index contributed by atoms with van der Waals surface area (Å²) >= 11 is 11.8. The van der Waals surface area contributed by atoms with Crippen LogP contribution in [0.3, 0.4) is 0 Å². The molecule has 0 aliphatic rings. The van der Waals surface area contributed by atoms with Crippen LogP contribution in [0.4, 0.5) is 0 Å². The zero-order chi connectivity index (χ0) is 13.2. The number of nitrogens with zero attached hydrogens (tertiary/aromatic N) is 2. The maximum absolute atomic E-state index is 10.5. The van der Waals surface area contributed by atoms with Gasteiger partial charge >= 0.3 is 0 Å². The monoisotopic (exact) mass is 287 g/mol. The number of aliphatic hydroxyl groups is 2. The fourth-order valence-corrected chi connectivity index (χ4v) is 2.27. The average Bonchev–Trinajstić information content (AvgIpc) is 2.81. The molecule has 18 heavy (non-hydrogen) atoms. The number of aromatic amines is 1. The second kappa shape index (κ2) is 5.24. The molecule has 0 aliphatic carbocycles. The van der Waals surface area contributed by atoms with Gasteiger partial charge in [-0.3, -0.25) is 5.10 Å². The molecule has 5 nitrogen and oxygen atoms in total. The van der Waals surface area contributed by atoms with Crippen LogP contribution in [0.25, 0.3) is 0 Å². The molecule has 3 N–H and O–H groups in total. The third-order valence-electron chi connectivity index (χ3n) is 2.61. The zero-order valence-electron chi connectivity index (χ0n) is 9.27. The van der Waals surface area contributed by atoms with Crippen molar-refractivity contribution < 1.29 is 10.2 Å². The van der Waals surface area contributed by atoms with Crippen LogP contribution in [-0.4, -0.2) is 32.0 Å². The van der Waals surface area contributed by atoms with Gasteiger partial charge in [0.25, 0.3) is 0 Å². The predicted octanol–water partition coefficient (Wildman–Crippen LogP) is 1.53. The van der Waals surface area contributed by atoms with Crippen LogP contribution in [0.1, 0.15) is 11.4 Å². The second-order valence-electron chi connectivity index (χ2n) is 3.91. The topological polar surface area (TPSA) is 82.0 Å². The number of hydrogen-bond acceptors (Lipinski definition) is 4. The molecule has 0 aliphatic heterocycles. The lowest BCUT2D eigenvalue weighted by Gasteiger charge is -2.26. The number of benzene rings is 1. The molecule has 2 aromatic rings. The van der Waals surface area contributed by atoms with Crippen LogP contribution in [0.15, 0.2) is 24.5 Å². The van der Waals surface area contributed by atoms with Crippen LogP contribution in [0, 0.1) is 0 Å². The van der Waals surface area contributed by atoms with Crippen LogP contribution in [0.5, 0.6) is 0 Å². The van der Waals surface area contributed by atoms with E-state index in [1.807, 2.05) is 0 Å². The Bertz CT molecular complexity index is 533. The summed E-state index contributed by atoms with van der Waals surface area (Å²) in [5, 5.41) is 27.0. The van der Waals surface area contributed by atoms with Crippen molar-refractivity contribution in [1.29, 1.82) is 0 Å². The highest BCUT2D eigenvalue weighted by atomic mass is 35.5. The predicted molar refractivity (Wildman–Crippen MR) is 67.5 cm³/mol. The molecule has 96 valence electrons. The largest absolute Gasteiger partial charge is 0.393 e. The lowest BCUT2D eigenvalue weighted by atomic mass is 9.91. The number of rotatable bonds is 4. The number of hydrogen-bond donors (Lipinski definition) is 3. The van der Waals surface area contributed by atoms with Crippen LogP contribution >= 0.6 is 23.2 Å². The molecule has 7 heteroatoms. The number of halogens is 2. The van der Waals surface area contributed by atoms with E-state index in [2.05, 4.69) is 15.2 Å². The number of nitrogens with one attached hydrogen (secondary N) is 1. The summed E-state index contributed by atoms with van der Waals surface area (Å²) in [6.45, 7) is -0.497. The van der Waals surface area contributed by atoms with E-state index in [-0.39, 0.29) is 11.4 Å². The molecule has 1 atom stereocenters. The Morgan fingerprint density at radius 3 is 2.67 bits per heavy atom. The molecule has 0 fully saturated rings. The smallest absolute Gasteiger partial charge is 0.153 e. The van der Waals surface area contributed by atoms with Gasteiger partial charge in [0.05, 0.1) is 6.61 Å². The molecule has 1 heterocycles. The van der Waals surface area contributed by atoms with E-state index in [1.165, 1.54) is 12.4 Å². The summed E-state index contributed by atoms with van der Waals surface area (Å²) in [4.78, 5) is 3.92. The highest BCUT2D eigenvalue weighted by molar-refractivity contribution is 6.35. The number of H-pyrrole nitrogens is 1. The molecule has 0 bridgehead atoms. The molecule has 0 saturated carbocycles. The van der Waals surface area contributed by atoms with E-state index in [1.54, 1.807) is 12.1 Å². The Morgan fingerprint density at radius 1 is 1.33 bits per heavy atom. The van der Waals surface area contributed by atoms with E-state index in [4.69, 9.17) is 23.2 Å². The zero-order valence-corrected chi connectivity index (χ0v) is 10.8. The van der Waals surface area contributed by atoms with E-state index in [0.717, 1.165) is 0 Å². The van der Waals surface area contributed by atoms with Gasteiger partial charge in [-0.15, -0.1) is 0 Å². The first-order valence-electron chi connectivity index (χ1n) is 5.18. The fourth-order valence-electron chi connectivity index (χ4n) is 1.69. The van der Waals surface area contributed by atoms with Crippen molar-refractivity contribution >= 4 is 23.2 Å². The second-order valence-corrected chi connectivity index (χ2v) is 4.75. The Kier molecular flexibility index (Phi) is 3.87. The van der Waals surface area contributed by atoms with Gasteiger partial charge in [-0.25, -0.2) is 4.98 Å².